The minimum absolute atomic E-state index is 0.142. The summed E-state index contributed by atoms with van der Waals surface area (Å²) in [5.41, 5.74) is -1.19. The first-order chi connectivity index (χ1) is 11.5. The van der Waals surface area contributed by atoms with Crippen LogP contribution in [-0.2, 0) is 4.79 Å². The lowest BCUT2D eigenvalue weighted by Crippen LogP contribution is -2.62. The lowest BCUT2D eigenvalue weighted by Gasteiger charge is -2.61. The summed E-state index contributed by atoms with van der Waals surface area (Å²) in [5, 5.41) is 23.6. The second kappa shape index (κ2) is 4.57. The van der Waals surface area contributed by atoms with E-state index in [0.29, 0.717) is 24.2 Å². The molecule has 5 aliphatic carbocycles. The van der Waals surface area contributed by atoms with Crippen molar-refractivity contribution in [3.8, 4) is 6.07 Å². The smallest absolute Gasteiger partial charge is 0.252 e. The van der Waals surface area contributed by atoms with Gasteiger partial charge in [0.1, 0.15) is 6.04 Å². The minimum atomic E-state index is -0.926. The van der Waals surface area contributed by atoms with Crippen molar-refractivity contribution >= 4 is 5.91 Å². The molecule has 0 aromatic carbocycles. The summed E-state index contributed by atoms with van der Waals surface area (Å²) in [5.74, 6) is 1.01. The number of aliphatic hydroxyl groups is 1. The highest BCUT2D eigenvalue weighted by molar-refractivity contribution is 5.85. The fourth-order valence-electron chi connectivity index (χ4n) is 7.05. The van der Waals surface area contributed by atoms with Crippen LogP contribution in [0, 0.1) is 39.4 Å². The van der Waals surface area contributed by atoms with E-state index in [1.807, 2.05) is 0 Å². The van der Waals surface area contributed by atoms with Crippen molar-refractivity contribution in [2.75, 3.05) is 0 Å². The molecular weight excluding hydrogens is 306 g/mol. The van der Waals surface area contributed by atoms with E-state index in [0.717, 1.165) is 44.9 Å². The summed E-state index contributed by atoms with van der Waals surface area (Å²) in [6.45, 7) is 0. The third-order valence-electron chi connectivity index (χ3n) is 7.50. The molecule has 5 saturated carbocycles. The maximum absolute atomic E-state index is 13.2. The SMILES string of the molecule is N#CC1CC2CC2N1C(=O)C(N=O)C12CC3CC(CC(O)(C3)C1)C2. The molecule has 6 heteroatoms. The van der Waals surface area contributed by atoms with Crippen molar-refractivity contribution in [3.05, 3.63) is 4.91 Å². The van der Waals surface area contributed by atoms with Crippen molar-refractivity contribution in [3.63, 3.8) is 0 Å². The molecule has 1 aliphatic heterocycles. The Kier molecular flexibility index (Phi) is 2.82. The van der Waals surface area contributed by atoms with Gasteiger partial charge in [0, 0.05) is 11.5 Å². The number of carbonyl (C=O) groups is 1. The van der Waals surface area contributed by atoms with Gasteiger partial charge in [-0.05, 0) is 69.1 Å². The van der Waals surface area contributed by atoms with Crippen molar-refractivity contribution in [1.82, 2.24) is 4.90 Å². The standard InChI is InChI=1S/C18H23N3O3/c19-8-13-2-12-3-14(12)21(13)16(22)15(20-24)17-4-10-1-11(5-17)7-18(23,6-10)9-17/h10-15,23H,1-7,9H2. The van der Waals surface area contributed by atoms with Gasteiger partial charge in [-0.1, -0.05) is 5.18 Å². The van der Waals surface area contributed by atoms with Crippen LogP contribution in [-0.4, -0.2) is 39.6 Å². The first-order valence-corrected chi connectivity index (χ1v) is 9.24. The molecule has 1 N–H and O–H groups in total. The van der Waals surface area contributed by atoms with Crippen LogP contribution in [0.4, 0.5) is 0 Å². The number of carbonyl (C=O) groups excluding carboxylic acids is 1. The molecule has 0 spiro atoms. The van der Waals surface area contributed by atoms with Gasteiger partial charge in [0.15, 0.2) is 6.04 Å². The largest absolute Gasteiger partial charge is 0.390 e. The van der Waals surface area contributed by atoms with Gasteiger partial charge in [0.2, 0.25) is 0 Å². The van der Waals surface area contributed by atoms with Crippen LogP contribution >= 0.6 is 0 Å². The number of piperidine rings is 1. The Balaban J connectivity index is 1.47. The van der Waals surface area contributed by atoms with Gasteiger partial charge in [0.25, 0.3) is 5.91 Å². The highest BCUT2D eigenvalue weighted by Gasteiger charge is 2.64. The Morgan fingerprint density at radius 2 is 1.92 bits per heavy atom. The van der Waals surface area contributed by atoms with E-state index in [2.05, 4.69) is 11.2 Å². The van der Waals surface area contributed by atoms with Crippen molar-refractivity contribution in [2.45, 2.75) is 75.1 Å². The van der Waals surface area contributed by atoms with Gasteiger partial charge < -0.3 is 10.0 Å². The molecule has 0 aromatic rings. The zero-order chi connectivity index (χ0) is 16.7. The summed E-state index contributed by atoms with van der Waals surface area (Å²) in [6.07, 6.45) is 6.59. The average Bonchev–Trinajstić information content (AvgIpc) is 3.15. The number of amides is 1. The Bertz CT molecular complexity index is 642. The molecule has 4 bridgehead atoms. The van der Waals surface area contributed by atoms with Crippen LogP contribution in [0.25, 0.3) is 0 Å². The van der Waals surface area contributed by atoms with Gasteiger partial charge in [-0.15, -0.1) is 4.91 Å². The topological polar surface area (TPSA) is 93.8 Å². The Labute approximate surface area is 141 Å². The highest BCUT2D eigenvalue weighted by Crippen LogP contribution is 2.63. The zero-order valence-corrected chi connectivity index (χ0v) is 13.7. The predicted octanol–water partition coefficient (Wildman–Crippen LogP) is 1.97. The molecule has 0 aromatic heterocycles. The summed E-state index contributed by atoms with van der Waals surface area (Å²) >= 11 is 0. The van der Waals surface area contributed by atoms with E-state index in [-0.39, 0.29) is 11.9 Å². The quantitative estimate of drug-likeness (QED) is 0.801. The van der Waals surface area contributed by atoms with Crippen LogP contribution in [0.2, 0.25) is 0 Å². The van der Waals surface area contributed by atoms with Crippen LogP contribution in [0.3, 0.4) is 0 Å². The first-order valence-electron chi connectivity index (χ1n) is 9.24. The second-order valence-corrected chi connectivity index (χ2v) is 9.24. The highest BCUT2D eigenvalue weighted by atomic mass is 16.3. The van der Waals surface area contributed by atoms with E-state index in [4.69, 9.17) is 0 Å². The molecule has 6 rings (SSSR count). The number of likely N-dealkylation sites (tertiary alicyclic amines) is 1. The number of nitriles is 1. The first kappa shape index (κ1) is 14.8. The fraction of sp³-hybridized carbons (Fsp3) is 0.889. The molecule has 6 atom stereocenters. The molecule has 128 valence electrons. The number of hydrogen-bond donors (Lipinski definition) is 1. The summed E-state index contributed by atoms with van der Waals surface area (Å²) in [6, 6.07) is 1.04. The molecule has 6 unspecified atom stereocenters. The average molecular weight is 329 g/mol. The van der Waals surface area contributed by atoms with Crippen LogP contribution in [0.15, 0.2) is 5.18 Å². The van der Waals surface area contributed by atoms with Crippen molar-refractivity contribution in [2.24, 2.45) is 28.3 Å². The number of nitroso groups, excluding NO2 is 1. The van der Waals surface area contributed by atoms with Gasteiger partial charge in [0.05, 0.1) is 11.7 Å². The monoisotopic (exact) mass is 329 g/mol. The lowest BCUT2D eigenvalue weighted by molar-refractivity contribution is -0.177. The molecule has 6 aliphatic rings. The molecule has 6 fully saturated rings. The normalized spacial score (nSPS) is 51.8. The minimum Gasteiger partial charge on any atom is -0.390 e. The number of nitrogens with zero attached hydrogens (tertiary/aromatic N) is 3. The Morgan fingerprint density at radius 1 is 1.21 bits per heavy atom. The van der Waals surface area contributed by atoms with Gasteiger partial charge in [-0.25, -0.2) is 0 Å². The number of hydrogen-bond acceptors (Lipinski definition) is 5. The predicted molar refractivity (Wildman–Crippen MR) is 84.4 cm³/mol. The summed E-state index contributed by atoms with van der Waals surface area (Å²) in [7, 11) is 0. The van der Waals surface area contributed by atoms with Crippen LogP contribution in [0.1, 0.15) is 51.4 Å². The molecule has 0 radical (unpaired) electrons. The summed E-state index contributed by atoms with van der Waals surface area (Å²) < 4.78 is 0. The van der Waals surface area contributed by atoms with Crippen molar-refractivity contribution in [1.29, 1.82) is 5.26 Å². The number of fused-ring (bicyclic) bond motifs is 1. The fourth-order valence-corrected chi connectivity index (χ4v) is 7.05. The zero-order valence-electron chi connectivity index (χ0n) is 13.7. The molecule has 24 heavy (non-hydrogen) atoms. The maximum Gasteiger partial charge on any atom is 0.252 e. The second-order valence-electron chi connectivity index (χ2n) is 9.24. The van der Waals surface area contributed by atoms with Gasteiger partial charge >= 0.3 is 0 Å². The van der Waals surface area contributed by atoms with Crippen molar-refractivity contribution < 1.29 is 9.90 Å². The van der Waals surface area contributed by atoms with E-state index < -0.39 is 23.1 Å². The third kappa shape index (κ3) is 1.88. The van der Waals surface area contributed by atoms with Crippen LogP contribution < -0.4 is 0 Å². The molecule has 1 saturated heterocycles. The Hall–Kier alpha value is -1.48. The molecule has 1 amide bonds. The maximum atomic E-state index is 13.2. The summed E-state index contributed by atoms with van der Waals surface area (Å²) in [4.78, 5) is 26.6. The lowest BCUT2D eigenvalue weighted by atomic mass is 9.46. The number of rotatable bonds is 3. The molecule has 6 nitrogen and oxygen atoms in total. The Morgan fingerprint density at radius 3 is 2.50 bits per heavy atom. The van der Waals surface area contributed by atoms with Gasteiger partial charge in [-0.2, -0.15) is 5.26 Å². The van der Waals surface area contributed by atoms with Gasteiger partial charge in [-0.3, -0.25) is 4.79 Å². The van der Waals surface area contributed by atoms with E-state index in [1.165, 1.54) is 0 Å². The van der Waals surface area contributed by atoms with Crippen LogP contribution in [0.5, 0.6) is 0 Å². The van der Waals surface area contributed by atoms with E-state index >= 15 is 0 Å². The third-order valence-corrected chi connectivity index (χ3v) is 7.50. The molecule has 1 heterocycles. The van der Waals surface area contributed by atoms with E-state index in [1.54, 1.807) is 4.90 Å². The molecular formula is C18H23N3O3. The van der Waals surface area contributed by atoms with E-state index in [9.17, 15) is 20.1 Å².